The summed E-state index contributed by atoms with van der Waals surface area (Å²) in [5, 5.41) is 9.93. The third-order valence-electron chi connectivity index (χ3n) is 2.81. The minimum absolute atomic E-state index is 0.119. The van der Waals surface area contributed by atoms with Crippen molar-refractivity contribution < 1.29 is 5.11 Å². The zero-order valence-corrected chi connectivity index (χ0v) is 11.8. The molecule has 1 nitrogen and oxygen atoms in total. The summed E-state index contributed by atoms with van der Waals surface area (Å²) in [6.45, 7) is 9.89. The first-order chi connectivity index (χ1) is 7.85. The molecule has 1 aromatic carbocycles. The molecule has 1 atom stereocenters. The Hall–Kier alpha value is -0.730. The van der Waals surface area contributed by atoms with Gasteiger partial charge in [0.25, 0.3) is 0 Å². The van der Waals surface area contributed by atoms with Crippen LogP contribution in [0, 0.1) is 0 Å². The van der Waals surface area contributed by atoms with Crippen LogP contribution in [0.3, 0.4) is 0 Å². The van der Waals surface area contributed by atoms with E-state index in [0.717, 1.165) is 12.8 Å². The number of rotatable bonds is 6. The molecule has 0 radical (unpaired) electrons. The first-order valence-corrected chi connectivity index (χ1v) is 6.76. The third-order valence-corrected chi connectivity index (χ3v) is 4.07. The van der Waals surface area contributed by atoms with Crippen LogP contribution in [-0.2, 0) is 0 Å². The summed E-state index contributed by atoms with van der Waals surface area (Å²) in [5.41, 5.74) is -0.755. The van der Waals surface area contributed by atoms with Crippen LogP contribution in [0.5, 0.6) is 0 Å². The van der Waals surface area contributed by atoms with E-state index in [1.165, 1.54) is 4.90 Å². The molecular formula is C15H22OS. The zero-order chi connectivity index (χ0) is 12.9. The van der Waals surface area contributed by atoms with Gasteiger partial charge in [-0.3, -0.25) is 0 Å². The molecule has 0 spiro atoms. The van der Waals surface area contributed by atoms with Crippen LogP contribution < -0.4 is 0 Å². The summed E-state index contributed by atoms with van der Waals surface area (Å²) in [6.07, 6.45) is 3.31. The van der Waals surface area contributed by atoms with Crippen LogP contribution in [0.25, 0.3) is 0 Å². The van der Waals surface area contributed by atoms with E-state index in [1.807, 2.05) is 24.8 Å². The number of hydrogen-bond donors (Lipinski definition) is 1. The molecule has 0 amide bonds. The van der Waals surface area contributed by atoms with Gasteiger partial charge in [-0.15, -0.1) is 18.3 Å². The van der Waals surface area contributed by atoms with Gasteiger partial charge < -0.3 is 5.11 Å². The average Bonchev–Trinajstić information content (AvgIpc) is 2.28. The molecule has 17 heavy (non-hydrogen) atoms. The van der Waals surface area contributed by atoms with E-state index in [2.05, 4.69) is 44.7 Å². The highest BCUT2D eigenvalue weighted by Crippen LogP contribution is 2.37. The van der Waals surface area contributed by atoms with E-state index in [-0.39, 0.29) is 4.75 Å². The maximum absolute atomic E-state index is 9.93. The largest absolute Gasteiger partial charge is 0.386 e. The predicted molar refractivity (Wildman–Crippen MR) is 76.4 cm³/mol. The monoisotopic (exact) mass is 250 g/mol. The minimum Gasteiger partial charge on any atom is -0.386 e. The van der Waals surface area contributed by atoms with Gasteiger partial charge in [-0.05, 0) is 31.9 Å². The molecule has 0 fully saturated rings. The van der Waals surface area contributed by atoms with Gasteiger partial charge in [0.15, 0.2) is 0 Å². The van der Waals surface area contributed by atoms with E-state index >= 15 is 0 Å². The third kappa shape index (κ3) is 5.42. The summed E-state index contributed by atoms with van der Waals surface area (Å²) < 4.78 is 0.119. The average molecular weight is 250 g/mol. The lowest BCUT2D eigenvalue weighted by Gasteiger charge is -2.28. The molecule has 1 unspecified atom stereocenters. The highest BCUT2D eigenvalue weighted by molar-refractivity contribution is 8.00. The Morgan fingerprint density at radius 1 is 1.18 bits per heavy atom. The second-order valence-electron chi connectivity index (χ2n) is 5.24. The number of benzene rings is 1. The maximum Gasteiger partial charge on any atom is 0.0797 e. The van der Waals surface area contributed by atoms with Gasteiger partial charge >= 0.3 is 0 Å². The lowest BCUT2D eigenvalue weighted by atomic mass is 9.95. The van der Waals surface area contributed by atoms with Crippen LogP contribution in [-0.4, -0.2) is 15.5 Å². The summed E-state index contributed by atoms with van der Waals surface area (Å²) in [5.74, 6) is 0. The van der Waals surface area contributed by atoms with Gasteiger partial charge in [0.1, 0.15) is 0 Å². The Balaban J connectivity index is 2.55. The summed E-state index contributed by atoms with van der Waals surface area (Å²) in [4.78, 5) is 1.27. The van der Waals surface area contributed by atoms with E-state index in [4.69, 9.17) is 0 Å². The topological polar surface area (TPSA) is 20.2 Å². The summed E-state index contributed by atoms with van der Waals surface area (Å²) in [6, 6.07) is 10.4. The molecule has 0 aliphatic rings. The SMILES string of the molecule is C=CC(C)(O)CCC(C)(C)Sc1ccccc1. The molecule has 0 heterocycles. The maximum atomic E-state index is 9.93. The standard InChI is InChI=1S/C15H22OS/c1-5-15(4,16)12-11-14(2,3)17-13-9-7-6-8-10-13/h5-10,16H,1,11-12H2,2-4H3. The molecule has 94 valence electrons. The fourth-order valence-corrected chi connectivity index (χ4v) is 2.65. The molecule has 1 aromatic rings. The van der Waals surface area contributed by atoms with Crippen molar-refractivity contribution in [3.63, 3.8) is 0 Å². The molecule has 0 aliphatic carbocycles. The first-order valence-electron chi connectivity index (χ1n) is 5.95. The zero-order valence-electron chi connectivity index (χ0n) is 10.9. The number of thioether (sulfide) groups is 1. The van der Waals surface area contributed by atoms with Crippen molar-refractivity contribution in [1.82, 2.24) is 0 Å². The van der Waals surface area contributed by atoms with Crippen molar-refractivity contribution in [2.24, 2.45) is 0 Å². The molecule has 0 bridgehead atoms. The lowest BCUT2D eigenvalue weighted by molar-refractivity contribution is 0.0971. The van der Waals surface area contributed by atoms with Crippen molar-refractivity contribution in [2.45, 2.75) is 48.9 Å². The van der Waals surface area contributed by atoms with Gasteiger partial charge in [-0.25, -0.2) is 0 Å². The van der Waals surface area contributed by atoms with Crippen LogP contribution in [0.2, 0.25) is 0 Å². The highest BCUT2D eigenvalue weighted by Gasteiger charge is 2.24. The predicted octanol–water partition coefficient (Wildman–Crippen LogP) is 4.27. The Morgan fingerprint density at radius 2 is 1.76 bits per heavy atom. The van der Waals surface area contributed by atoms with E-state index < -0.39 is 5.60 Å². The Morgan fingerprint density at radius 3 is 2.29 bits per heavy atom. The molecule has 1 N–H and O–H groups in total. The Labute approximate surface area is 109 Å². The summed E-state index contributed by atoms with van der Waals surface area (Å²) >= 11 is 1.85. The van der Waals surface area contributed by atoms with Crippen LogP contribution in [0.4, 0.5) is 0 Å². The number of hydrogen-bond acceptors (Lipinski definition) is 2. The van der Waals surface area contributed by atoms with Crippen molar-refractivity contribution >= 4 is 11.8 Å². The second-order valence-corrected chi connectivity index (χ2v) is 7.02. The van der Waals surface area contributed by atoms with Crippen LogP contribution >= 0.6 is 11.8 Å². The molecule has 0 aliphatic heterocycles. The normalized spacial score (nSPS) is 15.3. The molecule has 0 saturated carbocycles. The van der Waals surface area contributed by atoms with E-state index in [0.29, 0.717) is 0 Å². The molecule has 0 aromatic heterocycles. The molecule has 1 rings (SSSR count). The van der Waals surface area contributed by atoms with Gasteiger partial charge in [-0.1, -0.05) is 38.1 Å². The Bertz CT molecular complexity index is 354. The quantitative estimate of drug-likeness (QED) is 0.601. The van der Waals surface area contributed by atoms with Crippen LogP contribution in [0.1, 0.15) is 33.6 Å². The van der Waals surface area contributed by atoms with Crippen molar-refractivity contribution in [2.75, 3.05) is 0 Å². The molecule has 0 saturated heterocycles. The first kappa shape index (κ1) is 14.3. The smallest absolute Gasteiger partial charge is 0.0797 e. The van der Waals surface area contributed by atoms with Gasteiger partial charge in [0.05, 0.1) is 5.60 Å². The molecule has 2 heteroatoms. The summed E-state index contributed by atoms with van der Waals surface area (Å²) in [7, 11) is 0. The fourth-order valence-electron chi connectivity index (χ4n) is 1.51. The second kappa shape index (κ2) is 5.74. The highest BCUT2D eigenvalue weighted by atomic mass is 32.2. The fraction of sp³-hybridized carbons (Fsp3) is 0.467. The van der Waals surface area contributed by atoms with E-state index in [1.54, 1.807) is 6.08 Å². The Kier molecular flexibility index (Phi) is 4.84. The number of aliphatic hydroxyl groups is 1. The minimum atomic E-state index is -0.755. The molecular weight excluding hydrogens is 228 g/mol. The van der Waals surface area contributed by atoms with Gasteiger partial charge in [0, 0.05) is 9.64 Å². The van der Waals surface area contributed by atoms with Crippen molar-refractivity contribution in [3.8, 4) is 0 Å². The van der Waals surface area contributed by atoms with E-state index in [9.17, 15) is 5.11 Å². The van der Waals surface area contributed by atoms with Crippen molar-refractivity contribution in [3.05, 3.63) is 43.0 Å². The van der Waals surface area contributed by atoms with Gasteiger partial charge in [-0.2, -0.15) is 0 Å². The van der Waals surface area contributed by atoms with Crippen molar-refractivity contribution in [1.29, 1.82) is 0 Å². The van der Waals surface area contributed by atoms with Crippen LogP contribution in [0.15, 0.2) is 47.9 Å². The van der Waals surface area contributed by atoms with Gasteiger partial charge in [0.2, 0.25) is 0 Å². The lowest BCUT2D eigenvalue weighted by Crippen LogP contribution is -2.25.